The SMILES string of the molecule is N#Cc1ccc2c(c1)C([P+](c1ccccc1)(c1ccccc1)c1ccccc1)c1ccccc1-2. The van der Waals surface area contributed by atoms with Crippen molar-refractivity contribution >= 4 is 23.2 Å². The molecule has 0 saturated heterocycles. The van der Waals surface area contributed by atoms with Gasteiger partial charge in [0.1, 0.15) is 28.8 Å². The van der Waals surface area contributed by atoms with Gasteiger partial charge in [-0.1, -0.05) is 84.9 Å². The molecule has 6 rings (SSSR count). The van der Waals surface area contributed by atoms with Crippen LogP contribution in [0.15, 0.2) is 133 Å². The van der Waals surface area contributed by atoms with Gasteiger partial charge in [0.25, 0.3) is 0 Å². The fourth-order valence-electron chi connectivity index (χ4n) is 5.55. The van der Waals surface area contributed by atoms with Crippen LogP contribution in [0, 0.1) is 11.3 Å². The van der Waals surface area contributed by atoms with Crippen LogP contribution in [0.25, 0.3) is 11.1 Å². The summed E-state index contributed by atoms with van der Waals surface area (Å²) in [5.74, 6) is 0. The lowest BCUT2D eigenvalue weighted by Crippen LogP contribution is -2.35. The van der Waals surface area contributed by atoms with E-state index < -0.39 is 7.26 Å². The van der Waals surface area contributed by atoms with Crippen LogP contribution in [0.1, 0.15) is 22.3 Å². The lowest BCUT2D eigenvalue weighted by molar-refractivity contribution is 1.19. The summed E-state index contributed by atoms with van der Waals surface area (Å²) in [6, 6.07) is 50.4. The highest BCUT2D eigenvalue weighted by Crippen LogP contribution is 2.72. The molecule has 5 aromatic rings. The number of hydrogen-bond acceptors (Lipinski definition) is 1. The Kier molecular flexibility index (Phi) is 5.10. The molecule has 0 fully saturated rings. The van der Waals surface area contributed by atoms with E-state index in [1.54, 1.807) is 0 Å². The van der Waals surface area contributed by atoms with Crippen LogP contribution >= 0.6 is 7.26 Å². The molecule has 5 aromatic carbocycles. The molecular formula is C32H23NP+. The van der Waals surface area contributed by atoms with Gasteiger partial charge in [0, 0.05) is 11.1 Å². The molecule has 1 aliphatic rings. The summed E-state index contributed by atoms with van der Waals surface area (Å²) >= 11 is 0. The fraction of sp³-hybridized carbons (Fsp3) is 0.0312. The van der Waals surface area contributed by atoms with Crippen molar-refractivity contribution in [3.05, 3.63) is 150 Å². The minimum absolute atomic E-state index is 0.124. The highest BCUT2D eigenvalue weighted by atomic mass is 31.2. The molecule has 1 atom stereocenters. The Morgan fingerprint density at radius 3 is 1.50 bits per heavy atom. The van der Waals surface area contributed by atoms with E-state index >= 15 is 0 Å². The van der Waals surface area contributed by atoms with Crippen molar-refractivity contribution in [1.82, 2.24) is 0 Å². The van der Waals surface area contributed by atoms with Gasteiger partial charge in [-0.2, -0.15) is 5.26 Å². The Morgan fingerprint density at radius 1 is 0.500 bits per heavy atom. The third-order valence-electron chi connectivity index (χ3n) is 6.90. The van der Waals surface area contributed by atoms with Crippen LogP contribution in [0.3, 0.4) is 0 Å². The van der Waals surface area contributed by atoms with E-state index in [0.717, 1.165) is 0 Å². The van der Waals surface area contributed by atoms with Crippen LogP contribution in [0.5, 0.6) is 0 Å². The van der Waals surface area contributed by atoms with Gasteiger partial charge in [-0.25, -0.2) is 0 Å². The second kappa shape index (κ2) is 8.42. The van der Waals surface area contributed by atoms with E-state index in [1.165, 1.54) is 38.2 Å². The maximum atomic E-state index is 9.79. The number of nitrogens with zero attached hydrogens (tertiary/aromatic N) is 1. The number of hydrogen-bond donors (Lipinski definition) is 0. The first-order chi connectivity index (χ1) is 16.8. The van der Waals surface area contributed by atoms with Crippen LogP contribution < -0.4 is 15.9 Å². The lowest BCUT2D eigenvalue weighted by Gasteiger charge is -2.34. The van der Waals surface area contributed by atoms with E-state index in [2.05, 4.69) is 133 Å². The molecule has 0 aromatic heterocycles. The van der Waals surface area contributed by atoms with Crippen molar-refractivity contribution in [2.45, 2.75) is 5.66 Å². The van der Waals surface area contributed by atoms with E-state index in [-0.39, 0.29) is 5.66 Å². The lowest BCUT2D eigenvalue weighted by atomic mass is 10.0. The van der Waals surface area contributed by atoms with Gasteiger partial charge < -0.3 is 0 Å². The van der Waals surface area contributed by atoms with E-state index in [1.807, 2.05) is 6.07 Å². The monoisotopic (exact) mass is 452 g/mol. The average molecular weight is 453 g/mol. The first kappa shape index (κ1) is 20.6. The largest absolute Gasteiger partial charge is 0.192 e. The zero-order chi connectivity index (χ0) is 23.0. The Hall–Kier alpha value is -3.98. The summed E-state index contributed by atoms with van der Waals surface area (Å²) < 4.78 is 0. The summed E-state index contributed by atoms with van der Waals surface area (Å²) in [5, 5.41) is 13.8. The molecule has 0 bridgehead atoms. The molecule has 1 nitrogen and oxygen atoms in total. The summed E-state index contributed by atoms with van der Waals surface area (Å²) in [6.45, 7) is 0. The molecule has 0 amide bonds. The normalized spacial score (nSPS) is 14.1. The molecule has 0 saturated carbocycles. The van der Waals surface area contributed by atoms with Crippen molar-refractivity contribution in [2.75, 3.05) is 0 Å². The quantitative estimate of drug-likeness (QED) is 0.281. The summed E-state index contributed by atoms with van der Waals surface area (Å²) in [7, 11) is -2.21. The maximum Gasteiger partial charge on any atom is 0.135 e. The van der Waals surface area contributed by atoms with Gasteiger partial charge >= 0.3 is 0 Å². The second-order valence-electron chi connectivity index (χ2n) is 8.63. The molecule has 0 heterocycles. The van der Waals surface area contributed by atoms with Gasteiger partial charge in [0.15, 0.2) is 0 Å². The smallest absolute Gasteiger partial charge is 0.135 e. The molecule has 0 aliphatic heterocycles. The van der Waals surface area contributed by atoms with Crippen molar-refractivity contribution < 1.29 is 0 Å². The average Bonchev–Trinajstić information content (AvgIpc) is 3.25. The molecule has 1 aliphatic carbocycles. The standard InChI is InChI=1S/C32H23NP/c33-23-24-20-21-29-28-18-10-11-19-30(28)32(31(29)22-24)34(25-12-4-1-5-13-25,26-14-6-2-7-15-26)27-16-8-3-9-17-27/h1-22,32H/q+1. The van der Waals surface area contributed by atoms with E-state index in [9.17, 15) is 5.26 Å². The summed E-state index contributed by atoms with van der Waals surface area (Å²) in [4.78, 5) is 0. The Morgan fingerprint density at radius 2 is 0.971 bits per heavy atom. The Balaban J connectivity index is 1.80. The van der Waals surface area contributed by atoms with Crippen molar-refractivity contribution in [1.29, 1.82) is 5.26 Å². The topological polar surface area (TPSA) is 23.8 Å². The third kappa shape index (κ3) is 3.04. The number of fused-ring (bicyclic) bond motifs is 3. The fourth-order valence-corrected chi connectivity index (χ4v) is 10.5. The van der Waals surface area contributed by atoms with Gasteiger partial charge in [0.2, 0.25) is 0 Å². The van der Waals surface area contributed by atoms with Gasteiger partial charge in [-0.05, 0) is 59.7 Å². The van der Waals surface area contributed by atoms with E-state index in [0.29, 0.717) is 5.56 Å². The van der Waals surface area contributed by atoms with E-state index in [4.69, 9.17) is 0 Å². The first-order valence-electron chi connectivity index (χ1n) is 11.5. The molecule has 160 valence electrons. The summed E-state index contributed by atoms with van der Waals surface area (Å²) in [6.07, 6.45) is 0. The Bertz CT molecular complexity index is 1410. The molecule has 2 heteroatoms. The first-order valence-corrected chi connectivity index (χ1v) is 13.4. The Labute approximate surface area is 201 Å². The molecule has 34 heavy (non-hydrogen) atoms. The third-order valence-corrected chi connectivity index (χ3v) is 11.6. The molecule has 0 radical (unpaired) electrons. The molecule has 1 unspecified atom stereocenters. The van der Waals surface area contributed by atoms with Crippen molar-refractivity contribution in [3.63, 3.8) is 0 Å². The number of nitriles is 1. The molecular weight excluding hydrogens is 429 g/mol. The predicted molar refractivity (Wildman–Crippen MR) is 144 cm³/mol. The zero-order valence-electron chi connectivity index (χ0n) is 18.7. The van der Waals surface area contributed by atoms with Gasteiger partial charge in [-0.3, -0.25) is 0 Å². The van der Waals surface area contributed by atoms with Crippen molar-refractivity contribution in [3.8, 4) is 17.2 Å². The van der Waals surface area contributed by atoms with Gasteiger partial charge in [-0.15, -0.1) is 0 Å². The second-order valence-corrected chi connectivity index (χ2v) is 12.1. The minimum Gasteiger partial charge on any atom is -0.192 e. The van der Waals surface area contributed by atoms with Crippen LogP contribution in [-0.4, -0.2) is 0 Å². The zero-order valence-corrected chi connectivity index (χ0v) is 19.6. The van der Waals surface area contributed by atoms with Crippen LogP contribution in [-0.2, 0) is 0 Å². The van der Waals surface area contributed by atoms with Crippen LogP contribution in [0.4, 0.5) is 0 Å². The van der Waals surface area contributed by atoms with Gasteiger partial charge in [0.05, 0.1) is 11.6 Å². The highest BCUT2D eigenvalue weighted by molar-refractivity contribution is 7.96. The minimum atomic E-state index is -2.21. The maximum absolute atomic E-state index is 9.79. The molecule has 0 spiro atoms. The van der Waals surface area contributed by atoms with Crippen molar-refractivity contribution in [2.24, 2.45) is 0 Å². The highest BCUT2D eigenvalue weighted by Gasteiger charge is 2.56. The number of benzene rings is 5. The summed E-state index contributed by atoms with van der Waals surface area (Å²) in [5.41, 5.74) is 5.96. The number of rotatable bonds is 4. The predicted octanol–water partition coefficient (Wildman–Crippen LogP) is 6.62. The molecule has 0 N–H and O–H groups in total. The van der Waals surface area contributed by atoms with Crippen LogP contribution in [0.2, 0.25) is 0 Å².